The van der Waals surface area contributed by atoms with Gasteiger partial charge in [-0.05, 0) is 24.3 Å². The fraction of sp³-hybridized carbons (Fsp3) is 0.0625. The number of hydrogen-bond acceptors (Lipinski definition) is 4. The van der Waals surface area contributed by atoms with Crippen molar-refractivity contribution in [2.75, 3.05) is 11.9 Å². The Morgan fingerprint density at radius 3 is 2.36 bits per heavy atom. The van der Waals surface area contributed by atoms with E-state index in [1.165, 1.54) is 23.9 Å². The van der Waals surface area contributed by atoms with Crippen LogP contribution in [0.2, 0.25) is 10.0 Å². The second kappa shape index (κ2) is 8.75. The monoisotopic (exact) mass is 397 g/mol. The van der Waals surface area contributed by atoms with Crippen molar-refractivity contribution in [1.29, 1.82) is 0 Å². The molecule has 0 aliphatic carbocycles. The molecule has 0 radical (unpaired) electrons. The van der Waals surface area contributed by atoms with Gasteiger partial charge in [-0.1, -0.05) is 41.0 Å². The number of halogens is 2. The van der Waals surface area contributed by atoms with Crippen molar-refractivity contribution in [3.8, 4) is 0 Å². The maximum Gasteiger partial charge on any atom is 0.319 e. The minimum Gasteiger partial charge on any atom is -0.334 e. The Hall–Kier alpha value is -2.22. The Labute approximate surface area is 158 Å². The van der Waals surface area contributed by atoms with E-state index in [1.807, 2.05) is 0 Å². The third kappa shape index (κ3) is 5.38. The molecule has 2 rings (SSSR count). The van der Waals surface area contributed by atoms with Gasteiger partial charge in [0.2, 0.25) is 0 Å². The fourth-order valence-corrected chi connectivity index (χ4v) is 3.36. The van der Waals surface area contributed by atoms with Crippen molar-refractivity contribution < 1.29 is 9.72 Å². The molecule has 2 amide bonds. The van der Waals surface area contributed by atoms with Crippen LogP contribution in [0.15, 0.2) is 58.8 Å². The fourth-order valence-electron chi connectivity index (χ4n) is 1.82. The molecule has 0 aliphatic heterocycles. The highest BCUT2D eigenvalue weighted by Crippen LogP contribution is 2.40. The Balaban J connectivity index is 2.15. The Morgan fingerprint density at radius 2 is 1.84 bits per heavy atom. The maximum absolute atomic E-state index is 11.6. The standard InChI is InChI=1S/C16H13Cl2N3O3S/c1-2-7-19-16(22)20-10-8-13(17)15(14(18)9-10)25-12-5-3-11(4-6-12)21(23)24/h2-6,8-9H,1,7H2,(H2,19,20,22). The van der Waals surface area contributed by atoms with E-state index in [4.69, 9.17) is 23.2 Å². The number of carbonyl (C=O) groups is 1. The van der Waals surface area contributed by atoms with Gasteiger partial charge in [-0.25, -0.2) is 4.79 Å². The third-order valence-electron chi connectivity index (χ3n) is 2.93. The number of amides is 2. The molecule has 6 nitrogen and oxygen atoms in total. The van der Waals surface area contributed by atoms with E-state index in [2.05, 4.69) is 17.2 Å². The quantitative estimate of drug-likeness (QED) is 0.390. The van der Waals surface area contributed by atoms with Gasteiger partial charge < -0.3 is 10.6 Å². The highest BCUT2D eigenvalue weighted by atomic mass is 35.5. The van der Waals surface area contributed by atoms with Crippen LogP contribution in [0.3, 0.4) is 0 Å². The van der Waals surface area contributed by atoms with Crippen molar-refractivity contribution in [3.63, 3.8) is 0 Å². The van der Waals surface area contributed by atoms with E-state index in [0.717, 1.165) is 4.90 Å². The van der Waals surface area contributed by atoms with E-state index < -0.39 is 11.0 Å². The van der Waals surface area contributed by atoms with Crippen LogP contribution in [0.4, 0.5) is 16.2 Å². The average Bonchev–Trinajstić information content (AvgIpc) is 2.56. The molecule has 0 heterocycles. The van der Waals surface area contributed by atoms with Gasteiger partial charge in [0.1, 0.15) is 0 Å². The third-order valence-corrected chi connectivity index (χ3v) is 4.90. The van der Waals surface area contributed by atoms with Crippen LogP contribution >= 0.6 is 35.0 Å². The van der Waals surface area contributed by atoms with E-state index >= 15 is 0 Å². The van der Waals surface area contributed by atoms with Crippen molar-refractivity contribution in [1.82, 2.24) is 5.32 Å². The summed E-state index contributed by atoms with van der Waals surface area (Å²) in [5, 5.41) is 16.6. The molecule has 130 valence electrons. The van der Waals surface area contributed by atoms with Crippen LogP contribution < -0.4 is 10.6 Å². The van der Waals surface area contributed by atoms with Crippen molar-refractivity contribution in [2.45, 2.75) is 9.79 Å². The molecule has 2 aromatic rings. The molecule has 0 saturated heterocycles. The Kier molecular flexibility index (Phi) is 6.69. The lowest BCUT2D eigenvalue weighted by atomic mass is 10.3. The molecule has 0 saturated carbocycles. The van der Waals surface area contributed by atoms with Crippen LogP contribution in [-0.2, 0) is 0 Å². The number of anilines is 1. The molecule has 0 bridgehead atoms. The summed E-state index contributed by atoms with van der Waals surface area (Å²) in [6.07, 6.45) is 1.56. The number of non-ortho nitro benzene ring substituents is 1. The topological polar surface area (TPSA) is 84.3 Å². The first-order valence-electron chi connectivity index (χ1n) is 6.98. The smallest absolute Gasteiger partial charge is 0.319 e. The minimum atomic E-state index is -0.466. The number of carbonyl (C=O) groups excluding carboxylic acids is 1. The lowest BCUT2D eigenvalue weighted by Gasteiger charge is -2.11. The lowest BCUT2D eigenvalue weighted by Crippen LogP contribution is -2.28. The summed E-state index contributed by atoms with van der Waals surface area (Å²) in [4.78, 5) is 23.2. The summed E-state index contributed by atoms with van der Waals surface area (Å²) in [6, 6.07) is 8.80. The molecule has 0 fully saturated rings. The lowest BCUT2D eigenvalue weighted by molar-refractivity contribution is -0.384. The summed E-state index contributed by atoms with van der Waals surface area (Å²) in [5.41, 5.74) is 0.455. The molecule has 2 aromatic carbocycles. The van der Waals surface area contributed by atoms with Gasteiger partial charge in [-0.15, -0.1) is 6.58 Å². The van der Waals surface area contributed by atoms with Gasteiger partial charge in [-0.2, -0.15) is 0 Å². The first-order valence-corrected chi connectivity index (χ1v) is 8.55. The number of urea groups is 1. The van der Waals surface area contributed by atoms with Crippen LogP contribution in [0, 0.1) is 10.1 Å². The van der Waals surface area contributed by atoms with Crippen LogP contribution in [0.5, 0.6) is 0 Å². The number of benzene rings is 2. The summed E-state index contributed by atoms with van der Waals surface area (Å²) >= 11 is 13.8. The maximum atomic E-state index is 11.6. The van der Waals surface area contributed by atoms with Crippen molar-refractivity contribution in [2.24, 2.45) is 0 Å². The molecule has 9 heteroatoms. The van der Waals surface area contributed by atoms with Gasteiger partial charge in [0.25, 0.3) is 5.69 Å². The van der Waals surface area contributed by atoms with Crippen LogP contribution in [0.1, 0.15) is 0 Å². The van der Waals surface area contributed by atoms with Gasteiger partial charge in [0.15, 0.2) is 0 Å². The largest absolute Gasteiger partial charge is 0.334 e. The first kappa shape index (κ1) is 19.1. The molecule has 2 N–H and O–H groups in total. The van der Waals surface area contributed by atoms with Gasteiger partial charge in [0, 0.05) is 34.2 Å². The molecular formula is C16H13Cl2N3O3S. The summed E-state index contributed by atoms with van der Waals surface area (Å²) in [5.74, 6) is 0. The summed E-state index contributed by atoms with van der Waals surface area (Å²) < 4.78 is 0. The van der Waals surface area contributed by atoms with E-state index in [-0.39, 0.29) is 5.69 Å². The van der Waals surface area contributed by atoms with Crippen LogP contribution in [0.25, 0.3) is 0 Å². The van der Waals surface area contributed by atoms with Crippen LogP contribution in [-0.4, -0.2) is 17.5 Å². The zero-order valence-corrected chi connectivity index (χ0v) is 15.1. The minimum absolute atomic E-state index is 0.00614. The van der Waals surface area contributed by atoms with E-state index in [0.29, 0.717) is 27.2 Å². The van der Waals surface area contributed by atoms with Crippen molar-refractivity contribution in [3.05, 3.63) is 69.2 Å². The highest BCUT2D eigenvalue weighted by molar-refractivity contribution is 7.99. The average molecular weight is 398 g/mol. The number of nitro groups is 1. The van der Waals surface area contributed by atoms with Gasteiger partial charge in [0.05, 0.1) is 15.0 Å². The SMILES string of the molecule is C=CCNC(=O)Nc1cc(Cl)c(Sc2ccc([N+](=O)[O-])cc2)c(Cl)c1. The summed E-state index contributed by atoms with van der Waals surface area (Å²) in [6.45, 7) is 3.84. The Bertz CT molecular complexity index is 790. The predicted molar refractivity (Wildman–Crippen MR) is 101 cm³/mol. The molecule has 25 heavy (non-hydrogen) atoms. The number of nitrogens with zero attached hydrogens (tertiary/aromatic N) is 1. The number of nitrogens with one attached hydrogen (secondary N) is 2. The zero-order chi connectivity index (χ0) is 18.4. The number of rotatable bonds is 6. The first-order chi connectivity index (χ1) is 11.9. The van der Waals surface area contributed by atoms with E-state index in [9.17, 15) is 14.9 Å². The molecule has 0 aliphatic rings. The zero-order valence-electron chi connectivity index (χ0n) is 12.8. The molecule has 0 unspecified atom stereocenters. The molecule has 0 aromatic heterocycles. The highest BCUT2D eigenvalue weighted by Gasteiger charge is 2.12. The number of nitro benzene ring substituents is 1. The number of hydrogen-bond donors (Lipinski definition) is 2. The Morgan fingerprint density at radius 1 is 1.24 bits per heavy atom. The van der Waals surface area contributed by atoms with Gasteiger partial charge in [-0.3, -0.25) is 10.1 Å². The molecule has 0 atom stereocenters. The second-order valence-electron chi connectivity index (χ2n) is 4.75. The van der Waals surface area contributed by atoms with Gasteiger partial charge >= 0.3 is 6.03 Å². The molecular weight excluding hydrogens is 385 g/mol. The van der Waals surface area contributed by atoms with E-state index in [1.54, 1.807) is 30.3 Å². The van der Waals surface area contributed by atoms with Crippen molar-refractivity contribution >= 4 is 52.4 Å². The summed E-state index contributed by atoms with van der Waals surface area (Å²) in [7, 11) is 0. The second-order valence-corrected chi connectivity index (χ2v) is 6.64. The molecule has 0 spiro atoms. The predicted octanol–water partition coefficient (Wildman–Crippen LogP) is 5.36. The normalized spacial score (nSPS) is 10.2.